The zero-order valence-electron chi connectivity index (χ0n) is 13.6. The smallest absolute Gasteiger partial charge is 0.315 e. The van der Waals surface area contributed by atoms with Crippen molar-refractivity contribution in [3.05, 3.63) is 29.8 Å². The molecule has 2 aliphatic rings. The highest BCUT2D eigenvalue weighted by molar-refractivity contribution is 5.74. The molecule has 2 amide bonds. The molecule has 0 radical (unpaired) electrons. The lowest BCUT2D eigenvalue weighted by Gasteiger charge is -2.19. The molecule has 0 saturated heterocycles. The molecule has 2 fully saturated rings. The van der Waals surface area contributed by atoms with Crippen LogP contribution in [0.5, 0.6) is 5.75 Å². The topological polar surface area (TPSA) is 70.6 Å². The van der Waals surface area contributed by atoms with E-state index in [9.17, 15) is 9.90 Å². The van der Waals surface area contributed by atoms with Crippen LogP contribution in [-0.4, -0.2) is 36.4 Å². The SMILES string of the molecule is Cc1ccc(OC[C@H](O)CNC(=O)NC(C2CC2)C2CC2)cc1. The molecule has 0 heterocycles. The molecule has 1 aromatic carbocycles. The van der Waals surface area contributed by atoms with Gasteiger partial charge in [-0.2, -0.15) is 0 Å². The van der Waals surface area contributed by atoms with Crippen LogP contribution in [0.25, 0.3) is 0 Å². The molecule has 126 valence electrons. The molecule has 1 aromatic rings. The predicted molar refractivity (Wildman–Crippen MR) is 88.5 cm³/mol. The molecule has 0 unspecified atom stereocenters. The Morgan fingerprint density at radius 2 is 1.83 bits per heavy atom. The minimum atomic E-state index is -0.720. The van der Waals surface area contributed by atoms with Gasteiger partial charge in [-0.25, -0.2) is 4.79 Å². The van der Waals surface area contributed by atoms with Crippen LogP contribution in [0.1, 0.15) is 31.2 Å². The Bertz CT molecular complexity index is 512. The van der Waals surface area contributed by atoms with Crippen LogP contribution in [0.15, 0.2) is 24.3 Å². The monoisotopic (exact) mass is 318 g/mol. The molecule has 0 bridgehead atoms. The van der Waals surface area contributed by atoms with Crippen LogP contribution in [0.3, 0.4) is 0 Å². The summed E-state index contributed by atoms with van der Waals surface area (Å²) < 4.78 is 5.51. The number of aryl methyl sites for hydroxylation is 1. The van der Waals surface area contributed by atoms with Crippen molar-refractivity contribution in [3.63, 3.8) is 0 Å². The van der Waals surface area contributed by atoms with Crippen LogP contribution in [0.4, 0.5) is 4.79 Å². The molecule has 3 N–H and O–H groups in total. The third kappa shape index (κ3) is 5.13. The molecule has 2 saturated carbocycles. The van der Waals surface area contributed by atoms with E-state index in [4.69, 9.17) is 4.74 Å². The molecule has 5 heteroatoms. The van der Waals surface area contributed by atoms with Crippen molar-refractivity contribution in [1.82, 2.24) is 10.6 Å². The Morgan fingerprint density at radius 1 is 1.22 bits per heavy atom. The van der Waals surface area contributed by atoms with E-state index < -0.39 is 6.10 Å². The number of rotatable bonds is 8. The van der Waals surface area contributed by atoms with Gasteiger partial charge in [0.05, 0.1) is 0 Å². The van der Waals surface area contributed by atoms with Crippen molar-refractivity contribution in [2.24, 2.45) is 11.8 Å². The first-order valence-electron chi connectivity index (χ1n) is 8.53. The van der Waals surface area contributed by atoms with E-state index >= 15 is 0 Å². The van der Waals surface area contributed by atoms with Gasteiger partial charge in [-0.1, -0.05) is 17.7 Å². The first-order valence-corrected chi connectivity index (χ1v) is 8.53. The number of ether oxygens (including phenoxy) is 1. The number of aliphatic hydroxyl groups excluding tert-OH is 1. The van der Waals surface area contributed by atoms with E-state index in [0.717, 1.165) is 11.3 Å². The quantitative estimate of drug-likeness (QED) is 0.688. The summed E-state index contributed by atoms with van der Waals surface area (Å²) in [4.78, 5) is 12.0. The second kappa shape index (κ2) is 7.21. The van der Waals surface area contributed by atoms with E-state index in [-0.39, 0.29) is 19.2 Å². The molecule has 5 nitrogen and oxygen atoms in total. The average Bonchev–Trinajstić information content (AvgIpc) is 3.42. The summed E-state index contributed by atoms with van der Waals surface area (Å²) in [6.07, 6.45) is 4.20. The van der Waals surface area contributed by atoms with Gasteiger partial charge in [0.15, 0.2) is 0 Å². The van der Waals surface area contributed by atoms with Crippen LogP contribution >= 0.6 is 0 Å². The Labute approximate surface area is 137 Å². The summed E-state index contributed by atoms with van der Waals surface area (Å²) in [6.45, 7) is 2.37. The Morgan fingerprint density at radius 3 is 2.39 bits per heavy atom. The molecule has 23 heavy (non-hydrogen) atoms. The fourth-order valence-corrected chi connectivity index (χ4v) is 2.83. The summed E-state index contributed by atoms with van der Waals surface area (Å²) in [5.74, 6) is 2.06. The van der Waals surface area contributed by atoms with Crippen molar-refractivity contribution in [3.8, 4) is 5.75 Å². The number of nitrogens with one attached hydrogen (secondary N) is 2. The first-order chi connectivity index (χ1) is 11.1. The molecule has 3 rings (SSSR count). The van der Waals surface area contributed by atoms with Crippen LogP contribution < -0.4 is 15.4 Å². The Hall–Kier alpha value is -1.75. The molecule has 0 aromatic heterocycles. The summed E-state index contributed by atoms with van der Waals surface area (Å²) >= 11 is 0. The normalized spacial score (nSPS) is 18.6. The number of urea groups is 1. The number of carbonyl (C=O) groups excluding carboxylic acids is 1. The fraction of sp³-hybridized carbons (Fsp3) is 0.611. The van der Waals surface area contributed by atoms with E-state index in [1.165, 1.54) is 25.7 Å². The maximum absolute atomic E-state index is 12.0. The highest BCUT2D eigenvalue weighted by atomic mass is 16.5. The zero-order chi connectivity index (χ0) is 16.2. The van der Waals surface area contributed by atoms with Crippen LogP contribution in [-0.2, 0) is 0 Å². The predicted octanol–water partition coefficient (Wildman–Crippen LogP) is 2.22. The maximum Gasteiger partial charge on any atom is 0.315 e. The minimum Gasteiger partial charge on any atom is -0.491 e. The van der Waals surface area contributed by atoms with E-state index in [1.54, 1.807) is 0 Å². The summed E-state index contributed by atoms with van der Waals surface area (Å²) in [7, 11) is 0. The second-order valence-electron chi connectivity index (χ2n) is 6.83. The summed E-state index contributed by atoms with van der Waals surface area (Å²) in [5.41, 5.74) is 1.16. The van der Waals surface area contributed by atoms with Gasteiger partial charge in [0, 0.05) is 12.6 Å². The highest BCUT2D eigenvalue weighted by Gasteiger charge is 2.42. The van der Waals surface area contributed by atoms with Gasteiger partial charge >= 0.3 is 6.03 Å². The average molecular weight is 318 g/mol. The Balaban J connectivity index is 1.34. The summed E-state index contributed by atoms with van der Waals surface area (Å²) in [5, 5.41) is 15.7. The number of aliphatic hydroxyl groups is 1. The lowest BCUT2D eigenvalue weighted by Crippen LogP contribution is -2.47. The molecule has 2 aliphatic carbocycles. The van der Waals surface area contributed by atoms with Gasteiger partial charge < -0.3 is 20.5 Å². The number of hydrogen-bond donors (Lipinski definition) is 3. The van der Waals surface area contributed by atoms with Crippen molar-refractivity contribution in [2.75, 3.05) is 13.2 Å². The van der Waals surface area contributed by atoms with Crippen LogP contribution in [0.2, 0.25) is 0 Å². The maximum atomic E-state index is 12.0. The van der Waals surface area contributed by atoms with Crippen molar-refractivity contribution < 1.29 is 14.6 Å². The van der Waals surface area contributed by atoms with Crippen molar-refractivity contribution >= 4 is 6.03 Å². The first kappa shape index (κ1) is 16.1. The van der Waals surface area contributed by atoms with Gasteiger partial charge in [0.2, 0.25) is 0 Å². The molecule has 1 atom stereocenters. The van der Waals surface area contributed by atoms with E-state index in [0.29, 0.717) is 17.9 Å². The number of carbonyl (C=O) groups is 1. The van der Waals surface area contributed by atoms with Gasteiger partial charge in [-0.05, 0) is 56.6 Å². The summed E-state index contributed by atoms with van der Waals surface area (Å²) in [6, 6.07) is 7.82. The van der Waals surface area contributed by atoms with Gasteiger partial charge in [-0.15, -0.1) is 0 Å². The van der Waals surface area contributed by atoms with E-state index in [2.05, 4.69) is 10.6 Å². The fourth-order valence-electron chi connectivity index (χ4n) is 2.83. The third-order valence-corrected chi connectivity index (χ3v) is 4.52. The highest BCUT2D eigenvalue weighted by Crippen LogP contribution is 2.44. The molecule has 0 spiro atoms. The lowest BCUT2D eigenvalue weighted by molar-refractivity contribution is 0.107. The third-order valence-electron chi connectivity index (χ3n) is 4.52. The Kier molecular flexibility index (Phi) is 5.06. The van der Waals surface area contributed by atoms with Crippen LogP contribution in [0, 0.1) is 18.8 Å². The van der Waals surface area contributed by atoms with Crippen molar-refractivity contribution in [1.29, 1.82) is 0 Å². The number of amides is 2. The number of benzene rings is 1. The number of hydrogen-bond acceptors (Lipinski definition) is 3. The molecule has 0 aliphatic heterocycles. The van der Waals surface area contributed by atoms with Gasteiger partial charge in [0.25, 0.3) is 0 Å². The second-order valence-corrected chi connectivity index (χ2v) is 6.83. The zero-order valence-corrected chi connectivity index (χ0v) is 13.6. The van der Waals surface area contributed by atoms with Gasteiger partial charge in [0.1, 0.15) is 18.5 Å². The standard InChI is InChI=1S/C18H26N2O3/c1-12-2-8-16(9-3-12)23-11-15(21)10-19-18(22)20-17(13-4-5-13)14-6-7-14/h2-3,8-9,13-15,17,21H,4-7,10-11H2,1H3,(H2,19,20,22)/t15-/m1/s1. The van der Waals surface area contributed by atoms with Gasteiger partial charge in [-0.3, -0.25) is 0 Å². The molecular weight excluding hydrogens is 292 g/mol. The van der Waals surface area contributed by atoms with E-state index in [1.807, 2.05) is 31.2 Å². The molecular formula is C18H26N2O3. The lowest BCUT2D eigenvalue weighted by atomic mass is 10.1. The minimum absolute atomic E-state index is 0.165. The van der Waals surface area contributed by atoms with Crippen molar-refractivity contribution in [2.45, 2.75) is 44.8 Å². The largest absolute Gasteiger partial charge is 0.491 e.